The normalized spacial score (nSPS) is 19.1. The molecule has 0 bridgehead atoms. The molecule has 0 saturated heterocycles. The van der Waals surface area contributed by atoms with Crippen molar-refractivity contribution in [3.63, 3.8) is 0 Å². The van der Waals surface area contributed by atoms with Gasteiger partial charge in [-0.15, -0.1) is 0 Å². The number of carbonyl (C=O) groups excluding carboxylic acids is 2. The van der Waals surface area contributed by atoms with Gasteiger partial charge in [-0.1, -0.05) is 11.6 Å². The van der Waals surface area contributed by atoms with Crippen molar-refractivity contribution in [1.82, 2.24) is 14.8 Å². The number of aromatic nitrogens is 3. The molecule has 8 heteroatoms. The Morgan fingerprint density at radius 2 is 2.07 bits per heavy atom. The molecule has 0 unspecified atom stereocenters. The number of ether oxygens (including phenoxy) is 1. The second kappa shape index (κ2) is 8.21. The maximum Gasteiger partial charge on any atom is 0.274 e. The summed E-state index contributed by atoms with van der Waals surface area (Å²) in [5.74, 6) is 0.341. The van der Waals surface area contributed by atoms with Crippen LogP contribution in [0.15, 0.2) is 36.7 Å². The predicted molar refractivity (Wildman–Crippen MR) is 111 cm³/mol. The highest BCUT2D eigenvalue weighted by atomic mass is 35.5. The predicted octanol–water partition coefficient (Wildman–Crippen LogP) is 4.28. The van der Waals surface area contributed by atoms with Gasteiger partial charge in [-0.25, -0.2) is 4.98 Å². The zero-order valence-corrected chi connectivity index (χ0v) is 16.7. The molecule has 7 nitrogen and oxygen atoms in total. The van der Waals surface area contributed by atoms with Crippen LogP contribution in [0, 0.1) is 5.92 Å². The first-order valence-electron chi connectivity index (χ1n) is 9.52. The average molecular weight is 413 g/mol. The number of methoxy groups -OCH3 is 1. The first-order valence-corrected chi connectivity index (χ1v) is 9.90. The smallest absolute Gasteiger partial charge is 0.274 e. The topological polar surface area (TPSA) is 86.1 Å². The third-order valence-electron chi connectivity index (χ3n) is 5.36. The van der Waals surface area contributed by atoms with Crippen LogP contribution < -0.4 is 10.1 Å². The monoisotopic (exact) mass is 412 g/mol. The number of fused-ring (bicyclic) bond motifs is 1. The van der Waals surface area contributed by atoms with E-state index < -0.39 is 0 Å². The molecular weight excluding hydrogens is 392 g/mol. The van der Waals surface area contributed by atoms with Crippen molar-refractivity contribution < 1.29 is 14.3 Å². The number of carbonyl (C=O) groups is 2. The molecule has 1 fully saturated rings. The molecule has 1 aliphatic carbocycles. The molecular formula is C21H21ClN4O3. The highest BCUT2D eigenvalue weighted by Gasteiger charge is 2.23. The van der Waals surface area contributed by atoms with Gasteiger partial charge in [0.25, 0.3) is 5.91 Å². The van der Waals surface area contributed by atoms with Crippen molar-refractivity contribution in [1.29, 1.82) is 0 Å². The number of benzene rings is 1. The van der Waals surface area contributed by atoms with Crippen LogP contribution in [0.25, 0.3) is 10.9 Å². The summed E-state index contributed by atoms with van der Waals surface area (Å²) in [5.41, 5.74) is 1.60. The second-order valence-corrected chi connectivity index (χ2v) is 7.68. The summed E-state index contributed by atoms with van der Waals surface area (Å²) in [6.45, 7) is 0. The Balaban J connectivity index is 1.58. The van der Waals surface area contributed by atoms with E-state index in [4.69, 9.17) is 21.4 Å². The fourth-order valence-corrected chi connectivity index (χ4v) is 3.84. The van der Waals surface area contributed by atoms with Crippen molar-refractivity contribution in [2.45, 2.75) is 31.7 Å². The Hall–Kier alpha value is -2.93. The fraction of sp³-hybridized carbons (Fsp3) is 0.333. The summed E-state index contributed by atoms with van der Waals surface area (Å²) < 4.78 is 7.42. The molecule has 0 spiro atoms. The molecule has 2 aromatic heterocycles. The summed E-state index contributed by atoms with van der Waals surface area (Å²) in [7, 11) is 1.55. The van der Waals surface area contributed by atoms with E-state index in [9.17, 15) is 9.59 Å². The maximum absolute atomic E-state index is 12.5. The fourth-order valence-electron chi connectivity index (χ4n) is 3.72. The molecule has 0 atom stereocenters. The molecule has 150 valence electrons. The summed E-state index contributed by atoms with van der Waals surface area (Å²) in [6, 6.07) is 7.13. The van der Waals surface area contributed by atoms with Gasteiger partial charge >= 0.3 is 0 Å². The van der Waals surface area contributed by atoms with Gasteiger partial charge in [-0.05, 0) is 43.9 Å². The molecule has 0 radical (unpaired) electrons. The number of pyridine rings is 1. The minimum absolute atomic E-state index is 0.166. The lowest BCUT2D eigenvalue weighted by molar-refractivity contribution is -0.112. The van der Waals surface area contributed by atoms with Crippen molar-refractivity contribution in [3.8, 4) is 5.75 Å². The van der Waals surface area contributed by atoms with Gasteiger partial charge in [-0.3, -0.25) is 9.48 Å². The van der Waals surface area contributed by atoms with Crippen LogP contribution in [0.3, 0.4) is 0 Å². The van der Waals surface area contributed by atoms with Gasteiger partial charge in [-0.2, -0.15) is 5.10 Å². The second-order valence-electron chi connectivity index (χ2n) is 7.24. The summed E-state index contributed by atoms with van der Waals surface area (Å²) >= 11 is 5.83. The van der Waals surface area contributed by atoms with Gasteiger partial charge < -0.3 is 14.8 Å². The van der Waals surface area contributed by atoms with Gasteiger partial charge in [0.2, 0.25) is 0 Å². The van der Waals surface area contributed by atoms with E-state index in [0.29, 0.717) is 16.5 Å². The number of anilines is 1. The highest BCUT2D eigenvalue weighted by molar-refractivity contribution is 6.30. The molecule has 4 rings (SSSR count). The van der Waals surface area contributed by atoms with Crippen LogP contribution in [0.2, 0.25) is 5.02 Å². The number of hydrogen-bond acceptors (Lipinski definition) is 5. The van der Waals surface area contributed by atoms with Crippen molar-refractivity contribution in [2.24, 2.45) is 5.92 Å². The number of halogens is 1. The molecule has 1 saturated carbocycles. The quantitative estimate of drug-likeness (QED) is 0.632. The number of aldehydes is 1. The van der Waals surface area contributed by atoms with Gasteiger partial charge in [0, 0.05) is 29.8 Å². The van der Waals surface area contributed by atoms with Gasteiger partial charge in [0.15, 0.2) is 0 Å². The van der Waals surface area contributed by atoms with E-state index in [1.54, 1.807) is 19.2 Å². The lowest BCUT2D eigenvalue weighted by Crippen LogP contribution is -2.19. The van der Waals surface area contributed by atoms with Crippen molar-refractivity contribution in [3.05, 3.63) is 47.4 Å². The standard InChI is InChI=1S/C21H21ClN4O3/c1-29-20-9-18-14(11-26(25-18)16-5-2-13(12-27)3-6-16)8-19(20)24-21(28)17-7-4-15(22)10-23-17/h4,7-13,16H,2-3,5-6H2,1H3,(H,24,28). The average Bonchev–Trinajstić information content (AvgIpc) is 3.16. The molecule has 0 aliphatic heterocycles. The third-order valence-corrected chi connectivity index (χ3v) is 5.58. The lowest BCUT2D eigenvalue weighted by atomic mass is 9.87. The van der Waals surface area contributed by atoms with Crippen molar-refractivity contribution in [2.75, 3.05) is 12.4 Å². The van der Waals surface area contributed by atoms with Crippen LogP contribution in [0.1, 0.15) is 42.2 Å². The zero-order chi connectivity index (χ0) is 20.4. The molecule has 2 heterocycles. The minimum Gasteiger partial charge on any atom is -0.494 e. The first-order chi connectivity index (χ1) is 14.1. The summed E-state index contributed by atoms with van der Waals surface area (Å²) in [6.07, 6.45) is 8.12. The molecule has 3 aromatic rings. The van der Waals surface area contributed by atoms with E-state index >= 15 is 0 Å². The number of nitrogens with zero attached hydrogens (tertiary/aromatic N) is 3. The van der Waals surface area contributed by atoms with Crippen LogP contribution >= 0.6 is 11.6 Å². The van der Waals surface area contributed by atoms with Crippen LogP contribution in [-0.4, -0.2) is 34.1 Å². The summed E-state index contributed by atoms with van der Waals surface area (Å²) in [4.78, 5) is 27.5. The van der Waals surface area contributed by atoms with Crippen LogP contribution in [0.5, 0.6) is 5.75 Å². The highest BCUT2D eigenvalue weighted by Crippen LogP contribution is 2.34. The first kappa shape index (κ1) is 19.4. The molecule has 1 amide bonds. The molecule has 29 heavy (non-hydrogen) atoms. The minimum atomic E-state index is -0.348. The Morgan fingerprint density at radius 1 is 1.28 bits per heavy atom. The lowest BCUT2D eigenvalue weighted by Gasteiger charge is -2.25. The Bertz CT molecular complexity index is 1040. The van der Waals surface area contributed by atoms with Crippen LogP contribution in [0.4, 0.5) is 5.69 Å². The van der Waals surface area contributed by atoms with E-state index in [-0.39, 0.29) is 23.6 Å². The van der Waals surface area contributed by atoms with Crippen LogP contribution in [-0.2, 0) is 4.79 Å². The Labute approximate surface area is 173 Å². The number of nitrogens with one attached hydrogen (secondary N) is 1. The number of hydrogen-bond donors (Lipinski definition) is 1. The van der Waals surface area contributed by atoms with Gasteiger partial charge in [0.05, 0.1) is 29.4 Å². The van der Waals surface area contributed by atoms with E-state index in [1.807, 2.05) is 23.0 Å². The number of rotatable bonds is 5. The summed E-state index contributed by atoms with van der Waals surface area (Å²) in [5, 5.41) is 8.91. The van der Waals surface area contributed by atoms with E-state index in [2.05, 4.69) is 10.3 Å². The maximum atomic E-state index is 12.5. The third kappa shape index (κ3) is 4.10. The Morgan fingerprint density at radius 3 is 2.72 bits per heavy atom. The van der Waals surface area contributed by atoms with E-state index in [1.165, 1.54) is 6.20 Å². The molecule has 1 aromatic carbocycles. The zero-order valence-electron chi connectivity index (χ0n) is 16.0. The Kier molecular flexibility index (Phi) is 5.49. The molecule has 1 aliphatic rings. The number of amides is 1. The molecule has 1 N–H and O–H groups in total. The van der Waals surface area contributed by atoms with Gasteiger partial charge in [0.1, 0.15) is 17.7 Å². The van der Waals surface area contributed by atoms with E-state index in [0.717, 1.165) is 42.9 Å². The SMILES string of the molecule is COc1cc2nn(C3CCC(C=O)CC3)cc2cc1NC(=O)c1ccc(Cl)cn1. The largest absolute Gasteiger partial charge is 0.494 e. The van der Waals surface area contributed by atoms with Crippen molar-refractivity contribution >= 4 is 40.4 Å².